The molecule has 6 heteroatoms. The van der Waals surface area contributed by atoms with Gasteiger partial charge >= 0.3 is 0 Å². The number of Topliss-reactive ketones (excluding diaryl/α,β-unsaturated/α-hetero) is 1. The summed E-state index contributed by atoms with van der Waals surface area (Å²) in [5.74, 6) is -0.732. The second kappa shape index (κ2) is 5.42. The number of ketones is 1. The van der Waals surface area contributed by atoms with Gasteiger partial charge in [0.2, 0.25) is 0 Å². The zero-order valence-corrected chi connectivity index (χ0v) is 11.4. The fourth-order valence-electron chi connectivity index (χ4n) is 1.62. The number of rotatable bonds is 4. The van der Waals surface area contributed by atoms with Crippen molar-refractivity contribution in [2.75, 3.05) is 4.72 Å². The molecule has 2 aromatic carbocycles. The number of carbonyl (C=O) groups is 1. The summed E-state index contributed by atoms with van der Waals surface area (Å²) in [6.45, 7) is 1.42. The molecule has 0 radical (unpaired) electrons. The lowest BCUT2D eigenvalue weighted by Crippen LogP contribution is -2.13. The second-order valence-electron chi connectivity index (χ2n) is 4.20. The van der Waals surface area contributed by atoms with E-state index in [1.165, 1.54) is 49.4 Å². The van der Waals surface area contributed by atoms with Gasteiger partial charge < -0.3 is 0 Å². The number of sulfonamides is 1. The highest BCUT2D eigenvalue weighted by molar-refractivity contribution is 7.92. The molecule has 0 saturated carbocycles. The summed E-state index contributed by atoms with van der Waals surface area (Å²) in [6.07, 6.45) is 0. The van der Waals surface area contributed by atoms with Crippen LogP contribution in [-0.2, 0) is 10.0 Å². The van der Waals surface area contributed by atoms with Gasteiger partial charge in [0.15, 0.2) is 5.78 Å². The van der Waals surface area contributed by atoms with E-state index in [0.29, 0.717) is 11.3 Å². The van der Waals surface area contributed by atoms with Crippen molar-refractivity contribution in [1.29, 1.82) is 0 Å². The van der Waals surface area contributed by atoms with Crippen molar-refractivity contribution in [3.05, 3.63) is 59.9 Å². The summed E-state index contributed by atoms with van der Waals surface area (Å²) in [5.41, 5.74) is 0.790. The smallest absolute Gasteiger partial charge is 0.261 e. The summed E-state index contributed by atoms with van der Waals surface area (Å²) in [6, 6.07) is 10.7. The van der Waals surface area contributed by atoms with E-state index in [0.717, 1.165) is 6.07 Å². The van der Waals surface area contributed by atoms with Crippen molar-refractivity contribution in [2.24, 2.45) is 0 Å². The minimum atomic E-state index is -3.84. The lowest BCUT2D eigenvalue weighted by Gasteiger charge is -2.08. The second-order valence-corrected chi connectivity index (χ2v) is 5.88. The standard InChI is InChI=1S/C14H12FNO3S/c1-10(17)11-5-7-13(8-6-11)16-20(18,19)14-4-2-3-12(15)9-14/h2-9,16H,1H3. The number of nitrogens with one attached hydrogen (secondary N) is 1. The maximum Gasteiger partial charge on any atom is 0.261 e. The average Bonchev–Trinajstić information content (AvgIpc) is 2.39. The number of anilines is 1. The van der Waals surface area contributed by atoms with Crippen LogP contribution in [-0.4, -0.2) is 14.2 Å². The third-order valence-electron chi connectivity index (χ3n) is 2.65. The topological polar surface area (TPSA) is 63.2 Å². The molecule has 0 aliphatic carbocycles. The first-order valence-corrected chi connectivity index (χ1v) is 7.26. The minimum absolute atomic E-state index is 0.107. The maximum absolute atomic E-state index is 13.0. The summed E-state index contributed by atoms with van der Waals surface area (Å²) in [5, 5.41) is 0. The number of benzene rings is 2. The molecule has 0 atom stereocenters. The summed E-state index contributed by atoms with van der Waals surface area (Å²) < 4.78 is 39.4. The number of hydrogen-bond acceptors (Lipinski definition) is 3. The van der Waals surface area contributed by atoms with Gasteiger partial charge in [-0.15, -0.1) is 0 Å². The van der Waals surface area contributed by atoms with Crippen LogP contribution in [0.4, 0.5) is 10.1 Å². The predicted molar refractivity (Wildman–Crippen MR) is 73.7 cm³/mol. The van der Waals surface area contributed by atoms with Crippen molar-refractivity contribution < 1.29 is 17.6 Å². The fourth-order valence-corrected chi connectivity index (χ4v) is 2.71. The van der Waals surface area contributed by atoms with Gasteiger partial charge in [0.1, 0.15) is 5.82 Å². The molecule has 0 saturated heterocycles. The molecule has 0 unspecified atom stereocenters. The molecule has 0 heterocycles. The molecule has 20 heavy (non-hydrogen) atoms. The van der Waals surface area contributed by atoms with Crippen molar-refractivity contribution in [1.82, 2.24) is 0 Å². The summed E-state index contributed by atoms with van der Waals surface area (Å²) >= 11 is 0. The van der Waals surface area contributed by atoms with Gasteiger partial charge in [0.05, 0.1) is 4.90 Å². The molecule has 0 aliphatic rings. The summed E-state index contributed by atoms with van der Waals surface area (Å²) in [7, 11) is -3.84. The van der Waals surface area contributed by atoms with Crippen LogP contribution in [0.2, 0.25) is 0 Å². The van der Waals surface area contributed by atoms with Crippen LogP contribution in [0.1, 0.15) is 17.3 Å². The molecule has 0 fully saturated rings. The predicted octanol–water partition coefficient (Wildman–Crippen LogP) is 2.83. The monoisotopic (exact) mass is 293 g/mol. The quantitative estimate of drug-likeness (QED) is 0.882. The van der Waals surface area contributed by atoms with Gasteiger partial charge in [0.25, 0.3) is 10.0 Å². The van der Waals surface area contributed by atoms with Gasteiger partial charge in [-0.05, 0) is 49.4 Å². The Morgan fingerprint density at radius 1 is 1.10 bits per heavy atom. The molecule has 1 N–H and O–H groups in total. The minimum Gasteiger partial charge on any atom is -0.295 e. The Hall–Kier alpha value is -2.21. The Morgan fingerprint density at radius 2 is 1.75 bits per heavy atom. The molecular formula is C14H12FNO3S. The zero-order chi connectivity index (χ0) is 14.8. The Morgan fingerprint density at radius 3 is 2.30 bits per heavy atom. The van der Waals surface area contributed by atoms with E-state index in [2.05, 4.69) is 4.72 Å². The molecular weight excluding hydrogens is 281 g/mol. The first-order chi connectivity index (χ1) is 9.38. The van der Waals surface area contributed by atoms with Crippen molar-refractivity contribution in [2.45, 2.75) is 11.8 Å². The van der Waals surface area contributed by atoms with Gasteiger partial charge in [0, 0.05) is 11.3 Å². The first-order valence-electron chi connectivity index (χ1n) is 5.78. The number of hydrogen-bond donors (Lipinski definition) is 1. The van der Waals surface area contributed by atoms with E-state index in [1.807, 2.05) is 0 Å². The Balaban J connectivity index is 2.26. The Labute approximate surface area is 116 Å². The van der Waals surface area contributed by atoms with Crippen LogP contribution >= 0.6 is 0 Å². The van der Waals surface area contributed by atoms with Crippen LogP contribution in [0.5, 0.6) is 0 Å². The lowest BCUT2D eigenvalue weighted by molar-refractivity contribution is 0.101. The highest BCUT2D eigenvalue weighted by Crippen LogP contribution is 2.17. The molecule has 2 aromatic rings. The SMILES string of the molecule is CC(=O)c1ccc(NS(=O)(=O)c2cccc(F)c2)cc1. The van der Waals surface area contributed by atoms with E-state index < -0.39 is 15.8 Å². The third kappa shape index (κ3) is 3.21. The number of halogens is 1. The van der Waals surface area contributed by atoms with E-state index >= 15 is 0 Å². The van der Waals surface area contributed by atoms with Crippen molar-refractivity contribution >= 4 is 21.5 Å². The molecule has 0 spiro atoms. The van der Waals surface area contributed by atoms with Gasteiger partial charge in [-0.25, -0.2) is 12.8 Å². The largest absolute Gasteiger partial charge is 0.295 e. The van der Waals surface area contributed by atoms with E-state index in [1.54, 1.807) is 0 Å². The average molecular weight is 293 g/mol. The fraction of sp³-hybridized carbons (Fsp3) is 0.0714. The van der Waals surface area contributed by atoms with E-state index in [-0.39, 0.29) is 10.7 Å². The maximum atomic E-state index is 13.0. The van der Waals surface area contributed by atoms with E-state index in [4.69, 9.17) is 0 Å². The van der Waals surface area contributed by atoms with Crippen molar-refractivity contribution in [3.63, 3.8) is 0 Å². The number of carbonyl (C=O) groups excluding carboxylic acids is 1. The molecule has 0 amide bonds. The third-order valence-corrected chi connectivity index (χ3v) is 4.03. The normalized spacial score (nSPS) is 11.1. The Bertz CT molecular complexity index is 739. The molecule has 0 aromatic heterocycles. The zero-order valence-electron chi connectivity index (χ0n) is 10.6. The van der Waals surface area contributed by atoms with Crippen LogP contribution in [0, 0.1) is 5.82 Å². The van der Waals surface area contributed by atoms with Gasteiger partial charge in [-0.1, -0.05) is 6.07 Å². The van der Waals surface area contributed by atoms with Gasteiger partial charge in [-0.3, -0.25) is 9.52 Å². The van der Waals surface area contributed by atoms with Gasteiger partial charge in [-0.2, -0.15) is 0 Å². The highest BCUT2D eigenvalue weighted by Gasteiger charge is 2.14. The van der Waals surface area contributed by atoms with Crippen LogP contribution in [0.25, 0.3) is 0 Å². The van der Waals surface area contributed by atoms with Crippen LogP contribution in [0.15, 0.2) is 53.4 Å². The van der Waals surface area contributed by atoms with E-state index in [9.17, 15) is 17.6 Å². The lowest BCUT2D eigenvalue weighted by atomic mass is 10.1. The highest BCUT2D eigenvalue weighted by atomic mass is 32.2. The van der Waals surface area contributed by atoms with Crippen LogP contribution < -0.4 is 4.72 Å². The van der Waals surface area contributed by atoms with Crippen molar-refractivity contribution in [3.8, 4) is 0 Å². The molecule has 104 valence electrons. The summed E-state index contributed by atoms with van der Waals surface area (Å²) in [4.78, 5) is 11.0. The van der Waals surface area contributed by atoms with Crippen LogP contribution in [0.3, 0.4) is 0 Å². The molecule has 2 rings (SSSR count). The molecule has 4 nitrogen and oxygen atoms in total. The molecule has 0 aliphatic heterocycles. The first kappa shape index (κ1) is 14.2. The molecule has 0 bridgehead atoms. The Kier molecular flexibility index (Phi) is 3.85.